The van der Waals surface area contributed by atoms with E-state index in [0.29, 0.717) is 36.6 Å². The van der Waals surface area contributed by atoms with Gasteiger partial charge in [-0.05, 0) is 46.5 Å². The minimum Gasteiger partial charge on any atom is -0.381 e. The summed E-state index contributed by atoms with van der Waals surface area (Å²) >= 11 is 3.23. The smallest absolute Gasteiger partial charge is 0.252 e. The summed E-state index contributed by atoms with van der Waals surface area (Å²) in [4.78, 5) is 12.0. The zero-order chi connectivity index (χ0) is 16.8. The van der Waals surface area contributed by atoms with Crippen LogP contribution in [0, 0.1) is 5.92 Å². The zero-order valence-electron chi connectivity index (χ0n) is 12.6. The number of carbonyl (C=O) groups is 1. The molecule has 0 fully saturated rings. The number of ether oxygens (including phenoxy) is 1. The Labute approximate surface area is 139 Å². The van der Waals surface area contributed by atoms with Crippen molar-refractivity contribution in [3.05, 3.63) is 28.2 Å². The second kappa shape index (κ2) is 8.61. The summed E-state index contributed by atoms with van der Waals surface area (Å²) in [6.45, 7) is 5.84. The van der Waals surface area contributed by atoms with Crippen LogP contribution < -0.4 is 10.5 Å². The Kier molecular flexibility index (Phi) is 7.47. The highest BCUT2D eigenvalue weighted by Gasteiger charge is 2.15. The van der Waals surface area contributed by atoms with Crippen molar-refractivity contribution in [2.75, 3.05) is 19.8 Å². The molecule has 0 aliphatic carbocycles. The van der Waals surface area contributed by atoms with Gasteiger partial charge >= 0.3 is 0 Å². The largest absolute Gasteiger partial charge is 0.381 e. The van der Waals surface area contributed by atoms with E-state index in [-0.39, 0.29) is 16.4 Å². The van der Waals surface area contributed by atoms with Crippen LogP contribution in [-0.4, -0.2) is 34.1 Å². The number of benzene rings is 1. The van der Waals surface area contributed by atoms with Gasteiger partial charge in [-0.2, -0.15) is 0 Å². The van der Waals surface area contributed by atoms with Gasteiger partial charge in [-0.1, -0.05) is 13.8 Å². The number of sulfonamides is 1. The summed E-state index contributed by atoms with van der Waals surface area (Å²) in [7, 11) is -3.84. The highest BCUT2D eigenvalue weighted by molar-refractivity contribution is 9.10. The predicted octanol–water partition coefficient (Wildman–Crippen LogP) is 1.89. The molecular weight excluding hydrogens is 372 g/mol. The molecule has 124 valence electrons. The first kappa shape index (κ1) is 19.1. The first-order chi connectivity index (χ1) is 10.2. The highest BCUT2D eigenvalue weighted by atomic mass is 79.9. The van der Waals surface area contributed by atoms with Crippen LogP contribution in [0.15, 0.2) is 27.6 Å². The lowest BCUT2D eigenvalue weighted by molar-refractivity contribution is 0.0924. The van der Waals surface area contributed by atoms with E-state index in [9.17, 15) is 13.2 Å². The van der Waals surface area contributed by atoms with E-state index in [1.54, 1.807) is 0 Å². The third-order valence-corrected chi connectivity index (χ3v) is 4.32. The average Bonchev–Trinajstić information content (AvgIpc) is 2.41. The van der Waals surface area contributed by atoms with Gasteiger partial charge in [0.05, 0.1) is 10.5 Å². The lowest BCUT2D eigenvalue weighted by atomic mass is 10.2. The minimum absolute atomic E-state index is 0.0962. The first-order valence-corrected chi connectivity index (χ1v) is 9.24. The van der Waals surface area contributed by atoms with E-state index in [0.717, 1.165) is 0 Å². The quantitative estimate of drug-likeness (QED) is 0.659. The molecule has 0 bridgehead atoms. The van der Waals surface area contributed by atoms with E-state index in [1.807, 2.05) is 0 Å². The van der Waals surface area contributed by atoms with E-state index in [2.05, 4.69) is 35.1 Å². The molecule has 0 saturated heterocycles. The van der Waals surface area contributed by atoms with Gasteiger partial charge in [-0.15, -0.1) is 0 Å². The van der Waals surface area contributed by atoms with Crippen LogP contribution in [0.2, 0.25) is 0 Å². The predicted molar refractivity (Wildman–Crippen MR) is 88.1 cm³/mol. The second-order valence-corrected chi connectivity index (χ2v) is 7.68. The van der Waals surface area contributed by atoms with Crippen LogP contribution in [-0.2, 0) is 14.8 Å². The standard InChI is InChI=1S/C14H21BrN2O4S/c1-10(2)9-21-7-3-6-17-14(18)12-8-11(22(16,19)20)4-5-13(12)15/h4-5,8,10H,3,6-7,9H2,1-2H3,(H,17,18)(H2,16,19,20). The molecule has 0 aromatic heterocycles. The van der Waals surface area contributed by atoms with Crippen LogP contribution in [0.1, 0.15) is 30.6 Å². The Bertz CT molecular complexity index is 617. The van der Waals surface area contributed by atoms with Crippen molar-refractivity contribution in [2.24, 2.45) is 11.1 Å². The molecular formula is C14H21BrN2O4S. The molecule has 0 atom stereocenters. The van der Waals surface area contributed by atoms with Gasteiger partial charge in [-0.3, -0.25) is 4.79 Å². The SMILES string of the molecule is CC(C)COCCCNC(=O)c1cc(S(N)(=O)=O)ccc1Br. The lowest BCUT2D eigenvalue weighted by Crippen LogP contribution is -2.26. The molecule has 1 aromatic carbocycles. The van der Waals surface area contributed by atoms with Gasteiger partial charge in [0.15, 0.2) is 0 Å². The number of nitrogens with one attached hydrogen (secondary N) is 1. The topological polar surface area (TPSA) is 98.5 Å². The molecule has 1 aromatic rings. The summed E-state index contributed by atoms with van der Waals surface area (Å²) in [5.41, 5.74) is 0.231. The van der Waals surface area contributed by atoms with Crippen LogP contribution in [0.25, 0.3) is 0 Å². The van der Waals surface area contributed by atoms with Crippen molar-refractivity contribution in [2.45, 2.75) is 25.2 Å². The van der Waals surface area contributed by atoms with Gasteiger partial charge in [0, 0.05) is 24.2 Å². The monoisotopic (exact) mass is 392 g/mol. The zero-order valence-corrected chi connectivity index (χ0v) is 15.0. The third kappa shape index (κ3) is 6.43. The molecule has 0 saturated carbocycles. The number of carbonyl (C=O) groups excluding carboxylic acids is 1. The normalized spacial score (nSPS) is 11.7. The fourth-order valence-corrected chi connectivity index (χ4v) is 2.61. The Morgan fingerprint density at radius 2 is 2.09 bits per heavy atom. The van der Waals surface area contributed by atoms with Gasteiger partial charge in [0.1, 0.15) is 0 Å². The lowest BCUT2D eigenvalue weighted by Gasteiger charge is -2.09. The maximum atomic E-state index is 12.1. The molecule has 8 heteroatoms. The first-order valence-electron chi connectivity index (χ1n) is 6.90. The van der Waals surface area contributed by atoms with Crippen molar-refractivity contribution in [1.82, 2.24) is 5.32 Å². The van der Waals surface area contributed by atoms with Crippen molar-refractivity contribution in [1.29, 1.82) is 0 Å². The Morgan fingerprint density at radius 3 is 2.68 bits per heavy atom. The van der Waals surface area contributed by atoms with E-state index >= 15 is 0 Å². The molecule has 3 N–H and O–H groups in total. The summed E-state index contributed by atoms with van der Waals surface area (Å²) < 4.78 is 28.6. The van der Waals surface area contributed by atoms with Crippen molar-refractivity contribution in [3.8, 4) is 0 Å². The maximum absolute atomic E-state index is 12.1. The minimum atomic E-state index is -3.84. The van der Waals surface area contributed by atoms with Crippen molar-refractivity contribution < 1.29 is 17.9 Å². The summed E-state index contributed by atoms with van der Waals surface area (Å²) in [5.74, 6) is 0.118. The number of amides is 1. The van der Waals surface area contributed by atoms with Crippen molar-refractivity contribution in [3.63, 3.8) is 0 Å². The Balaban J connectivity index is 2.55. The van der Waals surface area contributed by atoms with Gasteiger partial charge in [-0.25, -0.2) is 13.6 Å². The second-order valence-electron chi connectivity index (χ2n) is 5.26. The molecule has 0 radical (unpaired) electrons. The molecule has 0 unspecified atom stereocenters. The number of primary sulfonamides is 1. The highest BCUT2D eigenvalue weighted by Crippen LogP contribution is 2.20. The van der Waals surface area contributed by atoms with Gasteiger partial charge < -0.3 is 10.1 Å². The van der Waals surface area contributed by atoms with Crippen LogP contribution in [0.3, 0.4) is 0 Å². The van der Waals surface area contributed by atoms with Gasteiger partial charge in [0.2, 0.25) is 10.0 Å². The molecule has 0 aliphatic heterocycles. The van der Waals surface area contributed by atoms with Crippen LogP contribution in [0.5, 0.6) is 0 Å². The molecule has 6 nitrogen and oxygen atoms in total. The third-order valence-electron chi connectivity index (χ3n) is 2.71. The number of nitrogens with two attached hydrogens (primary N) is 1. The number of hydrogen-bond acceptors (Lipinski definition) is 4. The molecule has 0 spiro atoms. The molecule has 0 aliphatic rings. The fourth-order valence-electron chi connectivity index (χ4n) is 1.65. The van der Waals surface area contributed by atoms with E-state index in [1.165, 1.54) is 18.2 Å². The Hall–Kier alpha value is -0.960. The summed E-state index contributed by atoms with van der Waals surface area (Å²) in [6, 6.07) is 4.08. The molecule has 0 heterocycles. The molecule has 1 rings (SSSR count). The number of rotatable bonds is 8. The van der Waals surface area contributed by atoms with Crippen LogP contribution in [0.4, 0.5) is 0 Å². The van der Waals surface area contributed by atoms with Crippen molar-refractivity contribution >= 4 is 31.9 Å². The molecule has 1 amide bonds. The number of halogens is 1. The summed E-state index contributed by atoms with van der Waals surface area (Å²) in [6.07, 6.45) is 0.685. The average molecular weight is 393 g/mol. The Morgan fingerprint density at radius 1 is 1.41 bits per heavy atom. The summed E-state index contributed by atoms with van der Waals surface area (Å²) in [5, 5.41) is 7.79. The fraction of sp³-hybridized carbons (Fsp3) is 0.500. The maximum Gasteiger partial charge on any atom is 0.252 e. The van der Waals surface area contributed by atoms with E-state index in [4.69, 9.17) is 9.88 Å². The van der Waals surface area contributed by atoms with Crippen LogP contribution >= 0.6 is 15.9 Å². The van der Waals surface area contributed by atoms with Gasteiger partial charge in [0.25, 0.3) is 5.91 Å². The molecule has 22 heavy (non-hydrogen) atoms. The van der Waals surface area contributed by atoms with E-state index < -0.39 is 10.0 Å². The number of hydrogen-bond donors (Lipinski definition) is 2.